The van der Waals surface area contributed by atoms with E-state index in [1.54, 1.807) is 0 Å². The molecule has 2 aliphatic heterocycles. The topological polar surface area (TPSA) is 44.8 Å². The number of ether oxygens (including phenoxy) is 3. The van der Waals surface area contributed by atoms with Crippen LogP contribution >= 0.6 is 0 Å². The Morgan fingerprint density at radius 3 is 2.84 bits per heavy atom. The first kappa shape index (κ1) is 16.9. The van der Waals surface area contributed by atoms with Crippen LogP contribution in [-0.2, 0) is 14.3 Å². The second-order valence-corrected chi connectivity index (χ2v) is 8.35. The molecular formula is C21H28O4. The number of carbonyl (C=O) groups excluding carboxylic acids is 1. The quantitative estimate of drug-likeness (QED) is 0.773. The van der Waals surface area contributed by atoms with Gasteiger partial charge in [-0.2, -0.15) is 0 Å². The van der Waals surface area contributed by atoms with Crippen molar-refractivity contribution in [2.75, 3.05) is 13.2 Å². The average molecular weight is 344 g/mol. The number of benzene rings is 1. The van der Waals surface area contributed by atoms with Crippen molar-refractivity contribution in [3.63, 3.8) is 0 Å². The van der Waals surface area contributed by atoms with E-state index in [1.807, 2.05) is 13.0 Å². The van der Waals surface area contributed by atoms with Crippen molar-refractivity contribution >= 4 is 5.97 Å². The lowest BCUT2D eigenvalue weighted by Gasteiger charge is -2.63. The van der Waals surface area contributed by atoms with Crippen molar-refractivity contribution in [2.45, 2.75) is 52.2 Å². The van der Waals surface area contributed by atoms with E-state index in [0.29, 0.717) is 31.5 Å². The first-order chi connectivity index (χ1) is 11.9. The third-order valence-corrected chi connectivity index (χ3v) is 7.06. The maximum Gasteiger partial charge on any atom is 0.305 e. The molecule has 0 N–H and O–H groups in total. The molecule has 0 radical (unpaired) electrons. The summed E-state index contributed by atoms with van der Waals surface area (Å²) in [6.45, 7) is 9.70. The molecule has 4 nitrogen and oxygen atoms in total. The summed E-state index contributed by atoms with van der Waals surface area (Å²) in [5.41, 5.74) is 0.794. The van der Waals surface area contributed by atoms with Crippen LogP contribution in [0.3, 0.4) is 0 Å². The fourth-order valence-corrected chi connectivity index (χ4v) is 5.57. The van der Waals surface area contributed by atoms with Crippen LogP contribution in [0.25, 0.3) is 0 Å². The zero-order valence-corrected chi connectivity index (χ0v) is 15.6. The highest BCUT2D eigenvalue weighted by Gasteiger charge is 2.64. The molecule has 3 aliphatic rings. The summed E-state index contributed by atoms with van der Waals surface area (Å²) < 4.78 is 18.6. The lowest BCUT2D eigenvalue weighted by atomic mass is 9.50. The number of carbonyl (C=O) groups is 1. The van der Waals surface area contributed by atoms with Crippen LogP contribution in [0, 0.1) is 23.2 Å². The molecule has 0 amide bonds. The SMILES string of the molecule is CCC(=O)OC[C@@]12CO[C@@H]3c4ccccc4O[C@](C)(C[C@@H]1C)[C@@H]3[C@@H]2C. The second kappa shape index (κ2) is 5.73. The molecule has 1 saturated heterocycles. The Labute approximate surface area is 149 Å². The summed E-state index contributed by atoms with van der Waals surface area (Å²) in [7, 11) is 0. The van der Waals surface area contributed by atoms with E-state index in [4.69, 9.17) is 14.2 Å². The Morgan fingerprint density at radius 2 is 2.08 bits per heavy atom. The zero-order chi connectivity index (χ0) is 17.8. The van der Waals surface area contributed by atoms with Crippen molar-refractivity contribution in [1.29, 1.82) is 0 Å². The van der Waals surface area contributed by atoms with Crippen LogP contribution in [0.5, 0.6) is 5.75 Å². The third-order valence-electron chi connectivity index (χ3n) is 7.06. The highest BCUT2D eigenvalue weighted by Crippen LogP contribution is 2.63. The van der Waals surface area contributed by atoms with Gasteiger partial charge in [-0.25, -0.2) is 0 Å². The largest absolute Gasteiger partial charge is 0.487 e. The zero-order valence-electron chi connectivity index (χ0n) is 15.6. The number of rotatable bonds is 3. The molecule has 4 heteroatoms. The minimum absolute atomic E-state index is 0.0625. The van der Waals surface area contributed by atoms with Gasteiger partial charge >= 0.3 is 5.97 Å². The Hall–Kier alpha value is -1.55. The molecule has 2 bridgehead atoms. The summed E-state index contributed by atoms with van der Waals surface area (Å²) in [5.74, 6) is 1.82. The number of fused-ring (bicyclic) bond motifs is 3. The van der Waals surface area contributed by atoms with Crippen LogP contribution in [-0.4, -0.2) is 24.8 Å². The minimum atomic E-state index is -0.240. The lowest BCUT2D eigenvalue weighted by molar-refractivity contribution is -0.262. The third kappa shape index (κ3) is 2.33. The van der Waals surface area contributed by atoms with E-state index < -0.39 is 0 Å². The van der Waals surface area contributed by atoms with Crippen LogP contribution in [0.1, 0.15) is 52.2 Å². The van der Waals surface area contributed by atoms with Gasteiger partial charge in [0.05, 0.1) is 19.3 Å². The van der Waals surface area contributed by atoms with Gasteiger partial charge in [0.15, 0.2) is 0 Å². The molecule has 2 heterocycles. The Bertz CT molecular complexity index is 686. The molecule has 2 fully saturated rings. The Balaban J connectivity index is 1.72. The molecule has 0 aromatic heterocycles. The minimum Gasteiger partial charge on any atom is -0.487 e. The van der Waals surface area contributed by atoms with Gasteiger partial charge in [-0.1, -0.05) is 39.0 Å². The summed E-state index contributed by atoms with van der Waals surface area (Å²) in [5, 5.41) is 0. The van der Waals surface area contributed by atoms with Crippen LogP contribution in [0.4, 0.5) is 0 Å². The van der Waals surface area contributed by atoms with Crippen molar-refractivity contribution in [2.24, 2.45) is 23.2 Å². The number of para-hydroxylation sites is 1. The molecule has 1 aromatic rings. The van der Waals surface area contributed by atoms with Gasteiger partial charge < -0.3 is 14.2 Å². The molecule has 1 saturated carbocycles. The van der Waals surface area contributed by atoms with E-state index in [-0.39, 0.29) is 29.0 Å². The maximum atomic E-state index is 11.8. The van der Waals surface area contributed by atoms with E-state index in [1.165, 1.54) is 0 Å². The predicted octanol–water partition coefficient (Wildman–Crippen LogP) is 4.14. The van der Waals surface area contributed by atoms with Crippen molar-refractivity contribution < 1.29 is 19.0 Å². The van der Waals surface area contributed by atoms with Crippen LogP contribution < -0.4 is 4.74 Å². The highest BCUT2D eigenvalue weighted by molar-refractivity contribution is 5.68. The molecule has 1 aliphatic carbocycles. The standard InChI is InChI=1S/C21H28O4/c1-5-17(22)23-11-21-12-24-19-15-8-6-7-9-16(15)25-20(4,10-13(21)2)18(19)14(21)3/h6-9,13-14,18-19H,5,10-12H2,1-4H3/t13-,14-,18+,19+,20+,21+/m0/s1. The predicted molar refractivity (Wildman–Crippen MR) is 94.3 cm³/mol. The number of esters is 1. The van der Waals surface area contributed by atoms with Crippen molar-refractivity contribution in [3.05, 3.63) is 29.8 Å². The van der Waals surface area contributed by atoms with Gasteiger partial charge in [-0.15, -0.1) is 0 Å². The van der Waals surface area contributed by atoms with E-state index in [2.05, 4.69) is 39.0 Å². The van der Waals surface area contributed by atoms with Gasteiger partial charge in [0.25, 0.3) is 0 Å². The smallest absolute Gasteiger partial charge is 0.305 e. The fourth-order valence-electron chi connectivity index (χ4n) is 5.57. The molecule has 136 valence electrons. The molecule has 25 heavy (non-hydrogen) atoms. The Morgan fingerprint density at radius 1 is 1.32 bits per heavy atom. The summed E-state index contributed by atoms with van der Waals surface area (Å²) >= 11 is 0. The van der Waals surface area contributed by atoms with E-state index in [9.17, 15) is 4.79 Å². The molecule has 0 spiro atoms. The van der Waals surface area contributed by atoms with Crippen molar-refractivity contribution in [1.82, 2.24) is 0 Å². The fraction of sp³-hybridized carbons (Fsp3) is 0.667. The normalized spacial score (nSPS) is 41.4. The van der Waals surface area contributed by atoms with Gasteiger partial charge in [-0.3, -0.25) is 4.79 Å². The maximum absolute atomic E-state index is 11.8. The van der Waals surface area contributed by atoms with Crippen LogP contribution in [0.15, 0.2) is 24.3 Å². The van der Waals surface area contributed by atoms with Gasteiger partial charge in [0, 0.05) is 23.3 Å². The summed E-state index contributed by atoms with van der Waals surface area (Å²) in [6, 6.07) is 8.24. The molecule has 4 rings (SSSR count). The number of hydrogen-bond acceptors (Lipinski definition) is 4. The average Bonchev–Trinajstić information content (AvgIpc) is 2.59. The summed E-state index contributed by atoms with van der Waals surface area (Å²) in [6.07, 6.45) is 1.44. The van der Waals surface area contributed by atoms with Gasteiger partial charge in [0.1, 0.15) is 11.4 Å². The number of hydrogen-bond donors (Lipinski definition) is 0. The molecule has 1 aromatic carbocycles. The molecule has 0 unspecified atom stereocenters. The van der Waals surface area contributed by atoms with Crippen LogP contribution in [0.2, 0.25) is 0 Å². The summed E-state index contributed by atoms with van der Waals surface area (Å²) in [4.78, 5) is 11.8. The van der Waals surface area contributed by atoms with E-state index >= 15 is 0 Å². The molecular weight excluding hydrogens is 316 g/mol. The van der Waals surface area contributed by atoms with E-state index in [0.717, 1.165) is 17.7 Å². The first-order valence-electron chi connectivity index (χ1n) is 9.46. The monoisotopic (exact) mass is 344 g/mol. The Kier molecular flexibility index (Phi) is 3.87. The van der Waals surface area contributed by atoms with Gasteiger partial charge in [0.2, 0.25) is 0 Å². The molecule has 6 atom stereocenters. The lowest BCUT2D eigenvalue weighted by Crippen LogP contribution is -2.66. The second-order valence-electron chi connectivity index (χ2n) is 8.35. The first-order valence-corrected chi connectivity index (χ1v) is 9.46. The van der Waals surface area contributed by atoms with Crippen molar-refractivity contribution in [3.8, 4) is 5.75 Å². The highest BCUT2D eigenvalue weighted by atomic mass is 16.5. The van der Waals surface area contributed by atoms with Gasteiger partial charge in [-0.05, 0) is 31.2 Å².